The van der Waals surface area contributed by atoms with E-state index in [0.717, 1.165) is 11.5 Å². The van der Waals surface area contributed by atoms with Crippen LogP contribution in [0.1, 0.15) is 21.8 Å². The Bertz CT molecular complexity index is 490. The molecule has 0 amide bonds. The van der Waals surface area contributed by atoms with Gasteiger partial charge in [0.2, 0.25) is 7.34 Å². The third-order valence-electron chi connectivity index (χ3n) is 2.53. The minimum absolute atomic E-state index is 0. The van der Waals surface area contributed by atoms with Gasteiger partial charge in [-0.2, -0.15) is 0 Å². The Balaban J connectivity index is 0.00000180. The first kappa shape index (κ1) is 18.3. The molecule has 110 valence electrons. The summed E-state index contributed by atoms with van der Waals surface area (Å²) in [6, 6.07) is 19.5. The first-order chi connectivity index (χ1) is 8.72. The molecule has 2 nitrogen and oxygen atoms in total. The predicted octanol–water partition coefficient (Wildman–Crippen LogP) is 5.72. The number of benzene rings is 2. The molecular weight excluding hydrogens is 267 g/mol. The summed E-state index contributed by atoms with van der Waals surface area (Å²) in [6.45, 7) is 3.98. The average molecular weight is 292 g/mol. The van der Waals surface area contributed by atoms with Crippen LogP contribution < -0.4 is 9.05 Å². The lowest BCUT2D eigenvalue weighted by Gasteiger charge is -2.23. The van der Waals surface area contributed by atoms with Crippen LogP contribution in [0.2, 0.25) is 0 Å². The number of rotatable bonds is 4. The van der Waals surface area contributed by atoms with Crippen LogP contribution in [0.3, 0.4) is 0 Å². The zero-order chi connectivity index (χ0) is 12.8. The molecular formula is C17H25O2P. The smallest absolute Gasteiger partial charge is 0.215 e. The van der Waals surface area contributed by atoms with Crippen molar-refractivity contribution >= 4 is 13.1 Å². The second-order valence-electron chi connectivity index (χ2n) is 3.98. The molecule has 3 heteroatoms. The maximum atomic E-state index is 5.99. The lowest BCUT2D eigenvalue weighted by Crippen LogP contribution is -2.01. The van der Waals surface area contributed by atoms with Crippen molar-refractivity contribution < 1.29 is 9.05 Å². The van der Waals surface area contributed by atoms with Crippen LogP contribution in [-0.4, -0.2) is 12.5 Å². The van der Waals surface area contributed by atoms with Gasteiger partial charge in [-0.25, -0.2) is 0 Å². The largest absolute Gasteiger partial charge is 0.444 e. The Morgan fingerprint density at radius 1 is 0.750 bits per heavy atom. The van der Waals surface area contributed by atoms with Crippen molar-refractivity contribution in [2.24, 2.45) is 0 Å². The van der Waals surface area contributed by atoms with Gasteiger partial charge in [0.05, 0.1) is 0 Å². The van der Waals surface area contributed by atoms with Gasteiger partial charge < -0.3 is 9.05 Å². The first-order valence-corrected chi connectivity index (χ1v) is 8.02. The van der Waals surface area contributed by atoms with Crippen LogP contribution >= 0.6 is 7.34 Å². The summed E-state index contributed by atoms with van der Waals surface area (Å²) in [5, 5.41) is 0. The fourth-order valence-electron chi connectivity index (χ4n) is 1.51. The van der Waals surface area contributed by atoms with Crippen molar-refractivity contribution in [2.75, 3.05) is 6.66 Å². The van der Waals surface area contributed by atoms with Crippen molar-refractivity contribution in [2.45, 2.75) is 21.8 Å². The van der Waals surface area contributed by atoms with E-state index in [0.29, 0.717) is 0 Å². The molecule has 0 spiro atoms. The SMILES string of the molecule is C.C.CC=P(C)(Oc1ccccc1)Oc1ccccc1. The van der Waals surface area contributed by atoms with E-state index >= 15 is 0 Å². The molecule has 20 heavy (non-hydrogen) atoms. The second-order valence-corrected chi connectivity index (χ2v) is 6.67. The molecule has 2 rings (SSSR count). The van der Waals surface area contributed by atoms with Crippen molar-refractivity contribution in [3.63, 3.8) is 0 Å². The fraction of sp³-hybridized carbons (Fsp3) is 0.235. The quantitative estimate of drug-likeness (QED) is 0.671. The van der Waals surface area contributed by atoms with Gasteiger partial charge in [-0.1, -0.05) is 51.3 Å². The van der Waals surface area contributed by atoms with Crippen LogP contribution in [-0.2, 0) is 0 Å². The Labute approximate surface area is 123 Å². The Morgan fingerprint density at radius 2 is 1.10 bits per heavy atom. The van der Waals surface area contributed by atoms with Crippen LogP contribution in [0, 0.1) is 0 Å². The van der Waals surface area contributed by atoms with Gasteiger partial charge in [0.1, 0.15) is 11.5 Å². The van der Waals surface area contributed by atoms with E-state index in [1.807, 2.05) is 80.0 Å². The summed E-state index contributed by atoms with van der Waals surface area (Å²) < 4.78 is 12.0. The molecule has 0 aliphatic carbocycles. The lowest BCUT2D eigenvalue weighted by molar-refractivity contribution is 0.491. The molecule has 0 bridgehead atoms. The van der Waals surface area contributed by atoms with E-state index in [4.69, 9.17) is 9.05 Å². The molecule has 0 aliphatic heterocycles. The maximum Gasteiger partial charge on any atom is 0.215 e. The summed E-state index contributed by atoms with van der Waals surface area (Å²) in [5.74, 6) is 3.68. The zero-order valence-electron chi connectivity index (χ0n) is 10.6. The van der Waals surface area contributed by atoms with E-state index in [1.54, 1.807) is 0 Å². The van der Waals surface area contributed by atoms with Gasteiger partial charge in [0.15, 0.2) is 0 Å². The van der Waals surface area contributed by atoms with Crippen LogP contribution in [0.4, 0.5) is 0 Å². The standard InChI is InChI=1S/C15H17O2P.2CH4/c1-3-18(2,16-14-10-6-4-7-11-14)17-15-12-8-5-9-13-15;;/h3-13H,1-2H3;2*1H4. The van der Waals surface area contributed by atoms with Crippen molar-refractivity contribution in [3.05, 3.63) is 60.7 Å². The van der Waals surface area contributed by atoms with Crippen LogP contribution in [0.15, 0.2) is 60.7 Å². The van der Waals surface area contributed by atoms with Gasteiger partial charge >= 0.3 is 0 Å². The molecule has 2 aromatic carbocycles. The molecule has 0 radical (unpaired) electrons. The Morgan fingerprint density at radius 3 is 1.40 bits per heavy atom. The highest BCUT2D eigenvalue weighted by Gasteiger charge is 2.14. The molecule has 0 heterocycles. The van der Waals surface area contributed by atoms with Gasteiger partial charge in [-0.3, -0.25) is 0 Å². The number of hydrogen-bond acceptors (Lipinski definition) is 2. The number of hydrogen-bond donors (Lipinski definition) is 0. The van der Waals surface area contributed by atoms with Crippen LogP contribution in [0.5, 0.6) is 11.5 Å². The topological polar surface area (TPSA) is 18.5 Å². The molecule has 0 N–H and O–H groups in total. The van der Waals surface area contributed by atoms with Crippen molar-refractivity contribution in [3.8, 4) is 11.5 Å². The minimum Gasteiger partial charge on any atom is -0.444 e. The average Bonchev–Trinajstić information content (AvgIpc) is 2.41. The van der Waals surface area contributed by atoms with Crippen molar-refractivity contribution in [1.82, 2.24) is 0 Å². The predicted molar refractivity (Wildman–Crippen MR) is 92.2 cm³/mol. The Hall–Kier alpha value is -1.66. The second kappa shape index (κ2) is 8.50. The Kier molecular flexibility index (Phi) is 7.79. The molecule has 0 saturated carbocycles. The molecule has 0 aromatic heterocycles. The van der Waals surface area contributed by atoms with Crippen LogP contribution in [0.25, 0.3) is 0 Å². The van der Waals surface area contributed by atoms with E-state index in [-0.39, 0.29) is 14.9 Å². The van der Waals surface area contributed by atoms with E-state index in [9.17, 15) is 0 Å². The van der Waals surface area contributed by atoms with E-state index < -0.39 is 7.34 Å². The third kappa shape index (κ3) is 5.14. The first-order valence-electron chi connectivity index (χ1n) is 5.88. The van der Waals surface area contributed by atoms with Crippen molar-refractivity contribution in [1.29, 1.82) is 0 Å². The van der Waals surface area contributed by atoms with Gasteiger partial charge in [-0.15, -0.1) is 0 Å². The molecule has 0 fully saturated rings. The summed E-state index contributed by atoms with van der Waals surface area (Å²) in [5.41, 5.74) is 0. The monoisotopic (exact) mass is 292 g/mol. The van der Waals surface area contributed by atoms with E-state index in [2.05, 4.69) is 0 Å². The molecule has 0 aliphatic rings. The minimum atomic E-state index is -2.02. The highest BCUT2D eigenvalue weighted by atomic mass is 31.2. The fourth-order valence-corrected chi connectivity index (χ4v) is 2.83. The van der Waals surface area contributed by atoms with Gasteiger partial charge in [0.25, 0.3) is 0 Å². The molecule has 0 saturated heterocycles. The summed E-state index contributed by atoms with van der Waals surface area (Å²) in [6.07, 6.45) is 0. The summed E-state index contributed by atoms with van der Waals surface area (Å²) >= 11 is 0. The maximum absolute atomic E-state index is 5.99. The summed E-state index contributed by atoms with van der Waals surface area (Å²) in [4.78, 5) is 0. The zero-order valence-corrected chi connectivity index (χ0v) is 11.5. The molecule has 0 atom stereocenters. The highest BCUT2D eigenvalue weighted by molar-refractivity contribution is 7.65. The summed E-state index contributed by atoms with van der Waals surface area (Å²) in [7, 11) is -2.02. The van der Waals surface area contributed by atoms with Gasteiger partial charge in [0, 0.05) is 6.66 Å². The molecule has 0 unspecified atom stereocenters. The highest BCUT2D eigenvalue weighted by Crippen LogP contribution is 2.45. The van der Waals surface area contributed by atoms with E-state index in [1.165, 1.54) is 0 Å². The number of para-hydroxylation sites is 2. The molecule has 2 aromatic rings. The van der Waals surface area contributed by atoms with Gasteiger partial charge in [-0.05, 0) is 37.0 Å². The normalized spacial score (nSPS) is 9.70. The third-order valence-corrected chi connectivity index (χ3v) is 4.61. The lowest BCUT2D eigenvalue weighted by atomic mass is 10.3.